The quantitative estimate of drug-likeness (QED) is 0.780. The van der Waals surface area contributed by atoms with Crippen LogP contribution < -0.4 is 0 Å². The van der Waals surface area contributed by atoms with E-state index in [1.165, 1.54) is 23.1 Å². The van der Waals surface area contributed by atoms with Crippen LogP contribution >= 0.6 is 15.9 Å². The second-order valence-electron chi connectivity index (χ2n) is 4.89. The molecule has 1 aliphatic heterocycles. The molecule has 0 bridgehead atoms. The van der Waals surface area contributed by atoms with Crippen LogP contribution in [0.3, 0.4) is 0 Å². The average Bonchev–Trinajstić information content (AvgIpc) is 2.47. The third-order valence-corrected chi connectivity index (χ3v) is 4.14. The number of piperidine rings is 1. The van der Waals surface area contributed by atoms with E-state index in [9.17, 15) is 14.0 Å². The molecule has 4 nitrogen and oxygen atoms in total. The lowest BCUT2D eigenvalue weighted by Crippen LogP contribution is -2.48. The summed E-state index contributed by atoms with van der Waals surface area (Å²) in [6.45, 7) is 2.53. The molecule has 0 aliphatic carbocycles. The average molecular weight is 358 g/mol. The zero-order valence-electron chi connectivity index (χ0n) is 11.8. The maximum atomic E-state index is 13.1. The van der Waals surface area contributed by atoms with Crippen molar-refractivity contribution in [3.8, 4) is 0 Å². The molecule has 1 fully saturated rings. The van der Waals surface area contributed by atoms with Crippen molar-refractivity contribution in [2.45, 2.75) is 32.2 Å². The van der Waals surface area contributed by atoms with E-state index in [4.69, 9.17) is 4.74 Å². The Morgan fingerprint density at radius 2 is 2.19 bits per heavy atom. The molecule has 0 aromatic heterocycles. The van der Waals surface area contributed by atoms with E-state index in [0.717, 1.165) is 12.8 Å². The monoisotopic (exact) mass is 357 g/mol. The number of carbonyl (C=O) groups excluding carboxylic acids is 2. The van der Waals surface area contributed by atoms with Gasteiger partial charge in [0, 0.05) is 11.0 Å². The molecule has 6 heteroatoms. The number of amides is 1. The zero-order chi connectivity index (χ0) is 15.4. The predicted octanol–water partition coefficient (Wildman–Crippen LogP) is 3.15. The lowest BCUT2D eigenvalue weighted by Gasteiger charge is -2.34. The van der Waals surface area contributed by atoms with Crippen molar-refractivity contribution in [1.29, 1.82) is 0 Å². The first-order valence-electron chi connectivity index (χ1n) is 6.97. The Bertz CT molecular complexity index is 550. The number of carbonyl (C=O) groups is 2. The third kappa shape index (κ3) is 3.61. The van der Waals surface area contributed by atoms with Crippen molar-refractivity contribution in [3.63, 3.8) is 0 Å². The molecule has 1 atom stereocenters. The maximum absolute atomic E-state index is 13.1. The van der Waals surface area contributed by atoms with Gasteiger partial charge in [-0.3, -0.25) is 4.79 Å². The van der Waals surface area contributed by atoms with Crippen LogP contribution in [0.2, 0.25) is 0 Å². The van der Waals surface area contributed by atoms with Crippen LogP contribution in [0, 0.1) is 5.82 Å². The van der Waals surface area contributed by atoms with Gasteiger partial charge in [0.25, 0.3) is 5.91 Å². The van der Waals surface area contributed by atoms with E-state index in [1.807, 2.05) is 0 Å². The number of hydrogen-bond donors (Lipinski definition) is 0. The van der Waals surface area contributed by atoms with Gasteiger partial charge >= 0.3 is 5.97 Å². The fourth-order valence-electron chi connectivity index (χ4n) is 2.48. The highest BCUT2D eigenvalue weighted by molar-refractivity contribution is 9.10. The van der Waals surface area contributed by atoms with E-state index < -0.39 is 11.9 Å². The Hall–Kier alpha value is -1.43. The first-order chi connectivity index (χ1) is 10.0. The Morgan fingerprint density at radius 3 is 2.86 bits per heavy atom. The molecular formula is C15H17BrFNO3. The summed E-state index contributed by atoms with van der Waals surface area (Å²) in [4.78, 5) is 26.1. The molecule has 1 unspecified atom stereocenters. The summed E-state index contributed by atoms with van der Waals surface area (Å²) in [7, 11) is 0. The molecule has 0 saturated carbocycles. The van der Waals surface area contributed by atoms with E-state index in [-0.39, 0.29) is 18.5 Å². The van der Waals surface area contributed by atoms with Crippen LogP contribution in [0.25, 0.3) is 0 Å². The first kappa shape index (κ1) is 15.9. The van der Waals surface area contributed by atoms with Gasteiger partial charge in [-0.15, -0.1) is 0 Å². The van der Waals surface area contributed by atoms with Gasteiger partial charge in [-0.25, -0.2) is 9.18 Å². The summed E-state index contributed by atoms with van der Waals surface area (Å²) in [5, 5.41) is 0. The number of ether oxygens (including phenoxy) is 1. The first-order valence-corrected chi connectivity index (χ1v) is 7.76. The number of halogens is 2. The van der Waals surface area contributed by atoms with Crippen molar-refractivity contribution in [3.05, 3.63) is 34.1 Å². The fourth-order valence-corrected chi connectivity index (χ4v) is 3.00. The van der Waals surface area contributed by atoms with Gasteiger partial charge in [0.2, 0.25) is 0 Å². The van der Waals surface area contributed by atoms with Crippen LogP contribution in [0.1, 0.15) is 36.5 Å². The molecule has 114 valence electrons. The van der Waals surface area contributed by atoms with Gasteiger partial charge < -0.3 is 9.64 Å². The number of hydrogen-bond acceptors (Lipinski definition) is 3. The number of rotatable bonds is 3. The minimum absolute atomic E-state index is 0.278. The zero-order valence-corrected chi connectivity index (χ0v) is 13.4. The summed E-state index contributed by atoms with van der Waals surface area (Å²) in [6.07, 6.45) is 2.34. The van der Waals surface area contributed by atoms with Crippen LogP contribution in [0.4, 0.5) is 4.39 Å². The highest BCUT2D eigenvalue weighted by atomic mass is 79.9. The van der Waals surface area contributed by atoms with Crippen LogP contribution in [-0.4, -0.2) is 36.0 Å². The summed E-state index contributed by atoms with van der Waals surface area (Å²) >= 11 is 3.20. The number of benzene rings is 1. The molecule has 1 heterocycles. The van der Waals surface area contributed by atoms with E-state index in [0.29, 0.717) is 23.0 Å². The van der Waals surface area contributed by atoms with Crippen molar-refractivity contribution in [2.24, 2.45) is 0 Å². The van der Waals surface area contributed by atoms with Gasteiger partial charge in [0.05, 0.1) is 12.2 Å². The Kier molecular flexibility index (Phi) is 5.33. The van der Waals surface area contributed by atoms with Gasteiger partial charge in [0.15, 0.2) is 0 Å². The molecule has 0 radical (unpaired) electrons. The lowest BCUT2D eigenvalue weighted by molar-refractivity contribution is -0.149. The summed E-state index contributed by atoms with van der Waals surface area (Å²) in [5.74, 6) is -1.07. The SMILES string of the molecule is CCOC(=O)C1CCCCN1C(=O)c1ccc(F)cc1Br. The maximum Gasteiger partial charge on any atom is 0.328 e. The van der Waals surface area contributed by atoms with Crippen molar-refractivity contribution in [1.82, 2.24) is 4.90 Å². The minimum Gasteiger partial charge on any atom is -0.464 e. The Morgan fingerprint density at radius 1 is 1.43 bits per heavy atom. The van der Waals surface area contributed by atoms with E-state index in [1.54, 1.807) is 6.92 Å². The summed E-state index contributed by atoms with van der Waals surface area (Å²) in [5.41, 5.74) is 0.354. The van der Waals surface area contributed by atoms with Crippen molar-refractivity contribution < 1.29 is 18.7 Å². The molecule has 21 heavy (non-hydrogen) atoms. The second kappa shape index (κ2) is 7.02. The van der Waals surface area contributed by atoms with Crippen LogP contribution in [-0.2, 0) is 9.53 Å². The molecule has 0 spiro atoms. The normalized spacial score (nSPS) is 18.4. The summed E-state index contributed by atoms with van der Waals surface area (Å²) < 4.78 is 18.6. The standard InChI is InChI=1S/C15H17BrFNO3/c1-2-21-15(20)13-5-3-4-8-18(13)14(19)11-7-6-10(17)9-12(11)16/h6-7,9,13H,2-5,8H2,1H3. The minimum atomic E-state index is -0.553. The summed E-state index contributed by atoms with van der Waals surface area (Å²) in [6, 6.07) is 3.36. The molecule has 1 aromatic rings. The van der Waals surface area contributed by atoms with E-state index in [2.05, 4.69) is 15.9 Å². The van der Waals surface area contributed by atoms with Crippen LogP contribution in [0.5, 0.6) is 0 Å². The fraction of sp³-hybridized carbons (Fsp3) is 0.467. The highest BCUT2D eigenvalue weighted by Crippen LogP contribution is 2.25. The molecule has 1 aromatic carbocycles. The third-order valence-electron chi connectivity index (χ3n) is 3.48. The second-order valence-corrected chi connectivity index (χ2v) is 5.74. The molecule has 1 amide bonds. The molecule has 0 N–H and O–H groups in total. The van der Waals surface area contributed by atoms with Gasteiger partial charge in [-0.05, 0) is 60.3 Å². The Balaban J connectivity index is 2.24. The molecule has 1 saturated heterocycles. The predicted molar refractivity (Wildman–Crippen MR) is 79.4 cm³/mol. The smallest absolute Gasteiger partial charge is 0.328 e. The molecule has 2 rings (SSSR count). The number of esters is 1. The number of nitrogens with zero attached hydrogens (tertiary/aromatic N) is 1. The van der Waals surface area contributed by atoms with E-state index >= 15 is 0 Å². The Labute approximate surface area is 131 Å². The number of likely N-dealkylation sites (tertiary alicyclic amines) is 1. The van der Waals surface area contributed by atoms with Gasteiger partial charge in [0.1, 0.15) is 11.9 Å². The van der Waals surface area contributed by atoms with Crippen molar-refractivity contribution >= 4 is 27.8 Å². The topological polar surface area (TPSA) is 46.6 Å². The molecule has 1 aliphatic rings. The van der Waals surface area contributed by atoms with Gasteiger partial charge in [-0.2, -0.15) is 0 Å². The molecular weight excluding hydrogens is 341 g/mol. The lowest BCUT2D eigenvalue weighted by atomic mass is 10.0. The largest absolute Gasteiger partial charge is 0.464 e. The van der Waals surface area contributed by atoms with Crippen LogP contribution in [0.15, 0.2) is 22.7 Å². The van der Waals surface area contributed by atoms with Crippen molar-refractivity contribution in [2.75, 3.05) is 13.2 Å². The highest BCUT2D eigenvalue weighted by Gasteiger charge is 2.34. The van der Waals surface area contributed by atoms with Gasteiger partial charge in [-0.1, -0.05) is 0 Å².